The fourth-order valence-electron chi connectivity index (χ4n) is 2.09. The van der Waals surface area contributed by atoms with Gasteiger partial charge in [-0.1, -0.05) is 12.1 Å². The van der Waals surface area contributed by atoms with Crippen molar-refractivity contribution in [2.45, 2.75) is 13.8 Å². The van der Waals surface area contributed by atoms with Crippen LogP contribution in [0.5, 0.6) is 0 Å². The first-order valence-electron chi connectivity index (χ1n) is 7.23. The van der Waals surface area contributed by atoms with Gasteiger partial charge in [-0.2, -0.15) is 10.4 Å². The lowest BCUT2D eigenvalue weighted by molar-refractivity contribution is -0.385. The lowest BCUT2D eigenvalue weighted by Gasteiger charge is -1.99. The third kappa shape index (κ3) is 4.08. The predicted molar refractivity (Wildman–Crippen MR) is 96.2 cm³/mol. The Bertz CT molecular complexity index is 958. The van der Waals surface area contributed by atoms with Crippen molar-refractivity contribution >= 4 is 40.1 Å². The number of amides is 2. The number of nitro benzene ring substituents is 1. The van der Waals surface area contributed by atoms with Gasteiger partial charge in [0.15, 0.2) is 0 Å². The molecule has 9 nitrogen and oxygen atoms in total. The van der Waals surface area contributed by atoms with E-state index < -0.39 is 10.8 Å². The minimum Gasteiger partial charge on any atom is -0.317 e. The van der Waals surface area contributed by atoms with Crippen molar-refractivity contribution in [2.24, 2.45) is 5.10 Å². The van der Waals surface area contributed by atoms with Crippen LogP contribution < -0.4 is 10.7 Å². The van der Waals surface area contributed by atoms with Gasteiger partial charge in [0, 0.05) is 13.0 Å². The maximum absolute atomic E-state index is 12.3. The maximum atomic E-state index is 12.3. The second kappa shape index (κ2) is 8.00. The largest absolute Gasteiger partial charge is 0.317 e. The zero-order valence-corrected chi connectivity index (χ0v) is 14.6. The highest BCUT2D eigenvalue weighted by molar-refractivity contribution is 7.18. The number of hydrazone groups is 1. The fraction of sp³-hybridized carbons (Fsp3) is 0.125. The number of benzene rings is 1. The summed E-state index contributed by atoms with van der Waals surface area (Å²) in [6.07, 6.45) is 1.17. The summed E-state index contributed by atoms with van der Waals surface area (Å²) >= 11 is 0.953. The van der Waals surface area contributed by atoms with Gasteiger partial charge >= 0.3 is 0 Å². The van der Waals surface area contributed by atoms with Crippen LogP contribution in [0.25, 0.3) is 0 Å². The highest BCUT2D eigenvalue weighted by Crippen LogP contribution is 2.32. The Morgan fingerprint density at radius 3 is 2.69 bits per heavy atom. The minimum atomic E-state index is -0.588. The molecule has 10 heteroatoms. The average Bonchev–Trinajstić information content (AvgIpc) is 2.89. The van der Waals surface area contributed by atoms with Crippen LogP contribution in [0, 0.1) is 28.4 Å². The van der Waals surface area contributed by atoms with Crippen LogP contribution >= 0.6 is 11.3 Å². The molecule has 2 N–H and O–H groups in total. The van der Waals surface area contributed by atoms with Gasteiger partial charge in [-0.15, -0.1) is 11.3 Å². The predicted octanol–water partition coefficient (Wildman–Crippen LogP) is 2.56. The van der Waals surface area contributed by atoms with Gasteiger partial charge in [0.25, 0.3) is 11.6 Å². The molecule has 0 unspecified atom stereocenters. The number of hydrogen-bond donors (Lipinski definition) is 2. The Morgan fingerprint density at radius 1 is 1.38 bits per heavy atom. The van der Waals surface area contributed by atoms with E-state index in [0.29, 0.717) is 5.56 Å². The number of nitro groups is 1. The summed E-state index contributed by atoms with van der Waals surface area (Å²) in [5.41, 5.74) is 2.98. The van der Waals surface area contributed by atoms with Gasteiger partial charge in [-0.05, 0) is 18.6 Å². The molecule has 132 valence electrons. The number of para-hydroxylation sites is 1. The van der Waals surface area contributed by atoms with Crippen molar-refractivity contribution in [3.05, 3.63) is 55.9 Å². The summed E-state index contributed by atoms with van der Waals surface area (Å²) in [5.74, 6) is -0.945. The zero-order chi connectivity index (χ0) is 19.3. The van der Waals surface area contributed by atoms with Crippen LogP contribution in [0.2, 0.25) is 0 Å². The van der Waals surface area contributed by atoms with Gasteiger partial charge in [0.1, 0.15) is 15.9 Å². The number of nitrogens with zero attached hydrogens (tertiary/aromatic N) is 3. The Labute approximate surface area is 152 Å². The second-order valence-electron chi connectivity index (χ2n) is 5.07. The minimum absolute atomic E-state index is 0.141. The summed E-state index contributed by atoms with van der Waals surface area (Å²) < 4.78 is 0. The molecule has 1 aromatic carbocycles. The van der Waals surface area contributed by atoms with Gasteiger partial charge in [-0.25, -0.2) is 5.43 Å². The van der Waals surface area contributed by atoms with Crippen molar-refractivity contribution in [1.29, 1.82) is 5.26 Å². The van der Waals surface area contributed by atoms with Crippen molar-refractivity contribution in [1.82, 2.24) is 5.43 Å². The first-order chi connectivity index (χ1) is 12.3. The van der Waals surface area contributed by atoms with Gasteiger partial charge in [0.2, 0.25) is 5.91 Å². The molecule has 0 bridgehead atoms. The van der Waals surface area contributed by atoms with Crippen LogP contribution in [-0.2, 0) is 4.79 Å². The number of nitrogens with one attached hydrogen (secondary N) is 2. The zero-order valence-electron chi connectivity index (χ0n) is 13.8. The van der Waals surface area contributed by atoms with Crippen molar-refractivity contribution in [3.8, 4) is 6.07 Å². The van der Waals surface area contributed by atoms with Crippen LogP contribution in [-0.4, -0.2) is 23.0 Å². The molecule has 2 rings (SSSR count). The summed E-state index contributed by atoms with van der Waals surface area (Å²) in [4.78, 5) is 34.1. The molecule has 0 radical (unpaired) electrons. The van der Waals surface area contributed by atoms with Crippen LogP contribution in [0.1, 0.15) is 33.3 Å². The molecule has 26 heavy (non-hydrogen) atoms. The van der Waals surface area contributed by atoms with E-state index in [4.69, 9.17) is 0 Å². The molecule has 0 atom stereocenters. The summed E-state index contributed by atoms with van der Waals surface area (Å²) in [6, 6.07) is 7.90. The maximum Gasteiger partial charge on any atom is 0.281 e. The van der Waals surface area contributed by atoms with E-state index in [1.807, 2.05) is 6.07 Å². The van der Waals surface area contributed by atoms with Gasteiger partial charge in [0.05, 0.1) is 22.3 Å². The molecule has 0 fully saturated rings. The normalized spacial score (nSPS) is 10.3. The third-order valence-corrected chi connectivity index (χ3v) is 4.46. The van der Waals surface area contributed by atoms with Crippen molar-refractivity contribution in [3.63, 3.8) is 0 Å². The lowest BCUT2D eigenvalue weighted by atomic mass is 10.1. The molecule has 0 spiro atoms. The molecule has 0 aliphatic rings. The Kier molecular flexibility index (Phi) is 5.77. The molecular formula is C16H13N5O4S. The molecule has 0 saturated heterocycles. The lowest BCUT2D eigenvalue weighted by Crippen LogP contribution is -2.17. The quantitative estimate of drug-likeness (QED) is 0.472. The fourth-order valence-corrected chi connectivity index (χ4v) is 3.18. The SMILES string of the molecule is CC(=O)Nc1sc(C(=O)N/N=C\c2ccccc2[N+](=O)[O-])c(C)c1C#N. The molecule has 1 aromatic heterocycles. The third-order valence-electron chi connectivity index (χ3n) is 3.26. The van der Waals surface area contributed by atoms with Crippen molar-refractivity contribution in [2.75, 3.05) is 5.32 Å². The summed E-state index contributed by atoms with van der Waals surface area (Å²) in [6.45, 7) is 2.88. The van der Waals surface area contributed by atoms with E-state index in [0.717, 1.165) is 11.3 Å². The standard InChI is InChI=1S/C16H13N5O4S/c1-9-12(7-17)16(19-10(2)22)26-14(9)15(23)20-18-8-11-5-3-4-6-13(11)21(24)25/h3-6,8H,1-2H3,(H,19,22)(H,20,23)/b18-8-. The molecule has 2 aromatic rings. The second-order valence-corrected chi connectivity index (χ2v) is 6.09. The Hall–Kier alpha value is -3.58. The van der Waals surface area contributed by atoms with E-state index in [9.17, 15) is 25.0 Å². The Balaban J connectivity index is 2.21. The topological polar surface area (TPSA) is 137 Å². The van der Waals surface area contributed by atoms with E-state index in [2.05, 4.69) is 15.8 Å². The summed E-state index contributed by atoms with van der Waals surface area (Å²) in [7, 11) is 0. The van der Waals surface area contributed by atoms with E-state index in [-0.39, 0.29) is 32.6 Å². The highest BCUT2D eigenvalue weighted by Gasteiger charge is 2.20. The monoisotopic (exact) mass is 371 g/mol. The summed E-state index contributed by atoms with van der Waals surface area (Å²) in [5, 5.41) is 26.7. The molecule has 0 aliphatic carbocycles. The average molecular weight is 371 g/mol. The Morgan fingerprint density at radius 2 is 2.08 bits per heavy atom. The number of thiophene rings is 1. The van der Waals surface area contributed by atoms with E-state index in [1.54, 1.807) is 13.0 Å². The number of nitriles is 1. The van der Waals surface area contributed by atoms with Crippen LogP contribution in [0.3, 0.4) is 0 Å². The molecule has 0 saturated carbocycles. The number of rotatable bonds is 5. The first-order valence-corrected chi connectivity index (χ1v) is 8.04. The van der Waals surface area contributed by atoms with E-state index >= 15 is 0 Å². The van der Waals surface area contributed by atoms with Crippen molar-refractivity contribution < 1.29 is 14.5 Å². The highest BCUT2D eigenvalue weighted by atomic mass is 32.1. The first kappa shape index (κ1) is 18.8. The number of hydrogen-bond acceptors (Lipinski definition) is 7. The molecule has 0 aliphatic heterocycles. The van der Waals surface area contributed by atoms with Gasteiger partial charge < -0.3 is 5.32 Å². The number of anilines is 1. The van der Waals surface area contributed by atoms with Crippen LogP contribution in [0.4, 0.5) is 10.7 Å². The molecule has 1 heterocycles. The van der Waals surface area contributed by atoms with Crippen LogP contribution in [0.15, 0.2) is 29.4 Å². The number of carbonyl (C=O) groups excluding carboxylic acids is 2. The number of carbonyl (C=O) groups is 2. The van der Waals surface area contributed by atoms with E-state index in [1.165, 1.54) is 31.3 Å². The van der Waals surface area contributed by atoms with Gasteiger partial charge in [-0.3, -0.25) is 19.7 Å². The smallest absolute Gasteiger partial charge is 0.281 e. The molecule has 2 amide bonds. The molecular weight excluding hydrogens is 358 g/mol.